The Bertz CT molecular complexity index is 766. The SMILES string of the molecule is O=S([O-])c1ccc(-c2ccc(Sc3ccccc3)cc2)cc1. The first kappa shape index (κ1) is 15.0. The van der Waals surface area contributed by atoms with Crippen molar-refractivity contribution < 1.29 is 8.76 Å². The minimum atomic E-state index is -2.17. The van der Waals surface area contributed by atoms with Crippen LogP contribution in [-0.2, 0) is 11.1 Å². The number of benzene rings is 3. The summed E-state index contributed by atoms with van der Waals surface area (Å²) < 4.78 is 21.7. The second kappa shape index (κ2) is 6.92. The van der Waals surface area contributed by atoms with Crippen molar-refractivity contribution in [2.45, 2.75) is 14.7 Å². The van der Waals surface area contributed by atoms with Gasteiger partial charge in [-0.05, 0) is 58.6 Å². The molecule has 22 heavy (non-hydrogen) atoms. The smallest absolute Gasteiger partial charge is 0.0249 e. The third-order valence-electron chi connectivity index (χ3n) is 3.21. The van der Waals surface area contributed by atoms with Crippen LogP contribution in [0.25, 0.3) is 11.1 Å². The van der Waals surface area contributed by atoms with Crippen molar-refractivity contribution in [2.75, 3.05) is 0 Å². The van der Waals surface area contributed by atoms with E-state index in [1.54, 1.807) is 23.9 Å². The molecule has 1 atom stereocenters. The molecule has 0 aliphatic heterocycles. The van der Waals surface area contributed by atoms with Gasteiger partial charge in [0.15, 0.2) is 0 Å². The standard InChI is InChI=1S/C18H14O2S2/c19-22(20)18-12-8-15(9-13-18)14-6-10-17(11-7-14)21-16-4-2-1-3-5-16/h1-13H,(H,19,20)/p-1. The van der Waals surface area contributed by atoms with E-state index in [2.05, 4.69) is 36.4 Å². The molecular formula is C18H13O2S2-. The Labute approximate surface area is 136 Å². The van der Waals surface area contributed by atoms with Crippen LogP contribution < -0.4 is 0 Å². The van der Waals surface area contributed by atoms with Crippen LogP contribution in [0.15, 0.2) is 93.5 Å². The molecule has 0 aliphatic carbocycles. The highest BCUT2D eigenvalue weighted by molar-refractivity contribution is 7.99. The number of rotatable bonds is 4. The molecule has 0 amide bonds. The summed E-state index contributed by atoms with van der Waals surface area (Å²) in [6.07, 6.45) is 0. The summed E-state index contributed by atoms with van der Waals surface area (Å²) in [6.45, 7) is 0. The Hall–Kier alpha value is -1.88. The fourth-order valence-electron chi connectivity index (χ4n) is 2.10. The fourth-order valence-corrected chi connectivity index (χ4v) is 3.29. The van der Waals surface area contributed by atoms with Gasteiger partial charge in [-0.1, -0.05) is 54.2 Å². The van der Waals surface area contributed by atoms with Crippen LogP contribution >= 0.6 is 11.8 Å². The molecule has 0 radical (unpaired) electrons. The monoisotopic (exact) mass is 325 g/mol. The van der Waals surface area contributed by atoms with Gasteiger partial charge >= 0.3 is 0 Å². The van der Waals surface area contributed by atoms with Crippen molar-refractivity contribution in [2.24, 2.45) is 0 Å². The number of hydrogen-bond donors (Lipinski definition) is 0. The van der Waals surface area contributed by atoms with Crippen molar-refractivity contribution in [3.63, 3.8) is 0 Å². The Balaban J connectivity index is 1.77. The summed E-state index contributed by atoms with van der Waals surface area (Å²) in [5.41, 5.74) is 2.08. The molecule has 0 N–H and O–H groups in total. The molecule has 0 saturated carbocycles. The van der Waals surface area contributed by atoms with E-state index in [4.69, 9.17) is 0 Å². The van der Waals surface area contributed by atoms with E-state index in [0.717, 1.165) is 11.1 Å². The van der Waals surface area contributed by atoms with E-state index in [9.17, 15) is 8.76 Å². The predicted molar refractivity (Wildman–Crippen MR) is 89.6 cm³/mol. The Morgan fingerprint density at radius 1 is 0.682 bits per heavy atom. The summed E-state index contributed by atoms with van der Waals surface area (Å²) in [5.74, 6) is 0. The average molecular weight is 325 g/mol. The van der Waals surface area contributed by atoms with E-state index in [1.165, 1.54) is 9.79 Å². The normalized spacial score (nSPS) is 12.0. The maximum atomic E-state index is 10.9. The maximum absolute atomic E-state index is 10.9. The zero-order valence-electron chi connectivity index (χ0n) is 11.6. The van der Waals surface area contributed by atoms with Gasteiger partial charge in [0, 0.05) is 14.7 Å². The molecule has 1 unspecified atom stereocenters. The molecule has 2 nitrogen and oxygen atoms in total. The second-order valence-electron chi connectivity index (χ2n) is 4.70. The maximum Gasteiger partial charge on any atom is 0.0249 e. The second-order valence-corrected chi connectivity index (χ2v) is 6.79. The van der Waals surface area contributed by atoms with Gasteiger partial charge in [-0.25, -0.2) is 0 Å². The molecule has 0 spiro atoms. The van der Waals surface area contributed by atoms with Gasteiger partial charge in [-0.3, -0.25) is 4.21 Å². The molecule has 0 saturated heterocycles. The highest BCUT2D eigenvalue weighted by atomic mass is 32.2. The molecule has 0 heterocycles. The first-order valence-electron chi connectivity index (χ1n) is 6.75. The van der Waals surface area contributed by atoms with Crippen molar-refractivity contribution in [1.29, 1.82) is 0 Å². The lowest BCUT2D eigenvalue weighted by Gasteiger charge is -2.07. The lowest BCUT2D eigenvalue weighted by atomic mass is 10.1. The minimum Gasteiger partial charge on any atom is -0.768 e. The van der Waals surface area contributed by atoms with Crippen molar-refractivity contribution in [3.05, 3.63) is 78.9 Å². The molecular weight excluding hydrogens is 312 g/mol. The van der Waals surface area contributed by atoms with E-state index in [1.807, 2.05) is 30.3 Å². The highest BCUT2D eigenvalue weighted by Gasteiger charge is 2.01. The molecule has 110 valence electrons. The third kappa shape index (κ3) is 3.65. The van der Waals surface area contributed by atoms with Gasteiger partial charge in [0.2, 0.25) is 0 Å². The predicted octanol–water partition coefficient (Wildman–Crippen LogP) is 4.74. The fraction of sp³-hybridized carbons (Fsp3) is 0. The molecule has 3 aromatic carbocycles. The zero-order chi connectivity index (χ0) is 15.4. The lowest BCUT2D eigenvalue weighted by molar-refractivity contribution is 0.537. The van der Waals surface area contributed by atoms with Crippen LogP contribution in [0.2, 0.25) is 0 Å². The first-order chi connectivity index (χ1) is 10.7. The van der Waals surface area contributed by atoms with Crippen molar-refractivity contribution in [3.8, 4) is 11.1 Å². The lowest BCUT2D eigenvalue weighted by Crippen LogP contribution is -1.88. The quantitative estimate of drug-likeness (QED) is 0.650. The summed E-state index contributed by atoms with van der Waals surface area (Å²) in [7, 11) is 0. The zero-order valence-corrected chi connectivity index (χ0v) is 13.3. The van der Waals surface area contributed by atoms with Crippen LogP contribution in [0.5, 0.6) is 0 Å². The minimum absolute atomic E-state index is 0.306. The molecule has 4 heteroatoms. The molecule has 3 rings (SSSR count). The van der Waals surface area contributed by atoms with Gasteiger partial charge in [-0.15, -0.1) is 0 Å². The van der Waals surface area contributed by atoms with Crippen LogP contribution in [0.4, 0.5) is 0 Å². The summed E-state index contributed by atoms with van der Waals surface area (Å²) in [6, 6.07) is 25.4. The number of hydrogen-bond acceptors (Lipinski definition) is 3. The third-order valence-corrected chi connectivity index (χ3v) is 4.89. The molecule has 0 bridgehead atoms. The average Bonchev–Trinajstić information content (AvgIpc) is 2.57. The van der Waals surface area contributed by atoms with Crippen LogP contribution in [0, 0.1) is 0 Å². The van der Waals surface area contributed by atoms with Gasteiger partial charge in [0.1, 0.15) is 0 Å². The van der Waals surface area contributed by atoms with E-state index in [-0.39, 0.29) is 0 Å². The Kier molecular flexibility index (Phi) is 4.73. The van der Waals surface area contributed by atoms with Gasteiger partial charge in [0.05, 0.1) is 0 Å². The highest BCUT2D eigenvalue weighted by Crippen LogP contribution is 2.29. The largest absolute Gasteiger partial charge is 0.768 e. The summed E-state index contributed by atoms with van der Waals surface area (Å²) in [4.78, 5) is 2.68. The van der Waals surface area contributed by atoms with Crippen LogP contribution in [0.3, 0.4) is 0 Å². The molecule has 0 fully saturated rings. The first-order valence-corrected chi connectivity index (χ1v) is 8.64. The Morgan fingerprint density at radius 3 is 1.73 bits per heavy atom. The molecule has 0 aliphatic rings. The van der Waals surface area contributed by atoms with Crippen molar-refractivity contribution >= 4 is 22.8 Å². The van der Waals surface area contributed by atoms with Crippen LogP contribution in [-0.4, -0.2) is 8.76 Å². The molecule has 3 aromatic rings. The Morgan fingerprint density at radius 2 is 1.18 bits per heavy atom. The summed E-state index contributed by atoms with van der Waals surface area (Å²) in [5, 5.41) is 0. The van der Waals surface area contributed by atoms with E-state index in [0.29, 0.717) is 4.90 Å². The van der Waals surface area contributed by atoms with Gasteiger partial charge < -0.3 is 4.55 Å². The van der Waals surface area contributed by atoms with Gasteiger partial charge in [0.25, 0.3) is 0 Å². The van der Waals surface area contributed by atoms with Gasteiger partial charge in [-0.2, -0.15) is 0 Å². The van der Waals surface area contributed by atoms with E-state index < -0.39 is 11.1 Å². The summed E-state index contributed by atoms with van der Waals surface area (Å²) >= 11 is -0.457. The van der Waals surface area contributed by atoms with Crippen molar-refractivity contribution in [1.82, 2.24) is 0 Å². The van der Waals surface area contributed by atoms with Crippen LogP contribution in [0.1, 0.15) is 0 Å². The van der Waals surface area contributed by atoms with E-state index >= 15 is 0 Å². The topological polar surface area (TPSA) is 40.1 Å². The molecule has 0 aromatic heterocycles.